The van der Waals surface area contributed by atoms with Crippen molar-refractivity contribution in [1.29, 1.82) is 0 Å². The molecule has 0 aliphatic carbocycles. The molecule has 0 spiro atoms. The number of halogens is 2. The Bertz CT molecular complexity index is 5360. The number of carbonyl (C=O) groups is 2. The molecule has 5 unspecified atom stereocenters. The van der Waals surface area contributed by atoms with Gasteiger partial charge in [0.2, 0.25) is 0 Å². The standard InChI is InChI=1S/C95H110F2O3S12/c1-14-25-31-55(20-7)45-60-36-40-69(103-60)76-64-44-53(12)101-85(64)77(70-41-37-61(104-70)46-56(21-8)32-26-15-2)65-50-74(108-86(65)76)91-81-83(97)94(95(99)100-52-59(24-11)35-29-18-5)112-93(81)92(111-91)75-51-67-79(72-43-39-63(106-72)48-58(23-10)34-28-17-4)87-66(78(88(67)109-75)71-42-38-62(105-71)47-57(22-9)33-27-16-3)49-73(107-87)90-80-82(96)89(68(98)30-19-6)110-84(80)54(13)102-90/h36-44,49-51,55-59H,14-35,45-48,52H2,1-13H3. The summed E-state index contributed by atoms with van der Waals surface area (Å²) in [7, 11) is 0. The van der Waals surface area contributed by atoms with E-state index < -0.39 is 11.8 Å². The lowest BCUT2D eigenvalue weighted by molar-refractivity contribution is 0.0429. The number of ketones is 1. The third-order valence-electron chi connectivity index (χ3n) is 23.5. The highest BCUT2D eigenvalue weighted by Crippen LogP contribution is 2.61. The molecule has 12 aromatic heterocycles. The fourth-order valence-corrected chi connectivity index (χ4v) is 31.9. The summed E-state index contributed by atoms with van der Waals surface area (Å²) in [6.07, 6.45) is 28.3. The van der Waals surface area contributed by atoms with Crippen LogP contribution in [0.5, 0.6) is 0 Å². The van der Waals surface area contributed by atoms with E-state index in [4.69, 9.17) is 4.74 Å². The Labute approximate surface area is 712 Å². The summed E-state index contributed by atoms with van der Waals surface area (Å²) in [6, 6.07) is 28.7. The number of thiophene rings is 12. The average molecular weight is 1720 g/mol. The number of hydrogen-bond donors (Lipinski definition) is 0. The third kappa shape index (κ3) is 17.3. The van der Waals surface area contributed by atoms with E-state index in [1.165, 1.54) is 191 Å². The highest BCUT2D eigenvalue weighted by atomic mass is 32.1. The van der Waals surface area contributed by atoms with Crippen LogP contribution in [0.4, 0.5) is 8.78 Å². The maximum absolute atomic E-state index is 18.9. The second-order valence-electron chi connectivity index (χ2n) is 31.5. The van der Waals surface area contributed by atoms with Crippen LogP contribution in [0.3, 0.4) is 0 Å². The van der Waals surface area contributed by atoms with Gasteiger partial charge in [0.25, 0.3) is 0 Å². The Hall–Kier alpha value is -4.60. The van der Waals surface area contributed by atoms with Crippen LogP contribution in [0, 0.1) is 55.1 Å². The summed E-state index contributed by atoms with van der Waals surface area (Å²) in [4.78, 5) is 47.6. The number of carbonyl (C=O) groups excluding carboxylic acids is 2. The summed E-state index contributed by atoms with van der Waals surface area (Å²) < 4.78 is 49.1. The Kier molecular flexibility index (Phi) is 28.4. The summed E-state index contributed by atoms with van der Waals surface area (Å²) in [5.41, 5.74) is 4.90. The highest BCUT2D eigenvalue weighted by molar-refractivity contribution is 7.36. The molecule has 14 aromatic rings. The summed E-state index contributed by atoms with van der Waals surface area (Å²) in [5, 5.41) is 5.86. The van der Waals surface area contributed by atoms with E-state index in [2.05, 4.69) is 156 Å². The van der Waals surface area contributed by atoms with Crippen molar-refractivity contribution in [3.8, 4) is 71.0 Å². The van der Waals surface area contributed by atoms with Gasteiger partial charge in [0, 0.05) is 143 Å². The molecule has 0 saturated heterocycles. The number of aryl methyl sites for hydroxylation is 2. The fraction of sp³-hybridized carbons (Fsp3) is 0.474. The Morgan fingerprint density at radius 3 is 1.09 bits per heavy atom. The van der Waals surface area contributed by atoms with E-state index in [9.17, 15) is 4.79 Å². The number of fused-ring (bicyclic) bond motifs is 6. The van der Waals surface area contributed by atoms with Gasteiger partial charge in [0.05, 0.1) is 30.6 Å². The molecule has 17 heteroatoms. The number of esters is 1. The highest BCUT2D eigenvalue weighted by Gasteiger charge is 2.34. The molecule has 2 aromatic carbocycles. The van der Waals surface area contributed by atoms with Crippen LogP contribution in [-0.4, -0.2) is 18.4 Å². The number of ether oxygens (including phenoxy) is 1. The van der Waals surface area contributed by atoms with Crippen LogP contribution in [0.15, 0.2) is 72.8 Å². The molecule has 0 saturated carbocycles. The maximum atomic E-state index is 18.9. The van der Waals surface area contributed by atoms with E-state index in [0.717, 1.165) is 136 Å². The smallest absolute Gasteiger partial charge is 0.351 e. The quantitative estimate of drug-likeness (QED) is 0.0283. The zero-order valence-electron chi connectivity index (χ0n) is 67.8. The lowest BCUT2D eigenvalue weighted by Gasteiger charge is -2.14. The van der Waals surface area contributed by atoms with Gasteiger partial charge in [-0.1, -0.05) is 198 Å². The molecule has 0 bridgehead atoms. The molecule has 0 aliphatic heterocycles. The van der Waals surface area contributed by atoms with Crippen LogP contribution in [0.25, 0.3) is 132 Å². The lowest BCUT2D eigenvalue weighted by atomic mass is 9.95. The van der Waals surface area contributed by atoms with Crippen molar-refractivity contribution < 1.29 is 23.1 Å². The largest absolute Gasteiger partial charge is 0.461 e. The Morgan fingerprint density at radius 1 is 0.348 bits per heavy atom. The predicted molar refractivity (Wildman–Crippen MR) is 504 cm³/mol. The number of unbranched alkanes of at least 4 members (excludes halogenated alkanes) is 5. The lowest BCUT2D eigenvalue weighted by Crippen LogP contribution is -2.14. The fourth-order valence-electron chi connectivity index (χ4n) is 16.8. The molecular weight excluding hydrogens is 1610 g/mol. The zero-order valence-corrected chi connectivity index (χ0v) is 77.6. The van der Waals surface area contributed by atoms with E-state index in [1.54, 1.807) is 56.7 Å². The monoisotopic (exact) mass is 1720 g/mol. The van der Waals surface area contributed by atoms with Crippen molar-refractivity contribution in [3.05, 3.63) is 123 Å². The van der Waals surface area contributed by atoms with Crippen LogP contribution in [0.2, 0.25) is 0 Å². The first-order valence-corrected chi connectivity index (χ1v) is 51.8. The summed E-state index contributed by atoms with van der Waals surface area (Å²) in [5.74, 6) is 1.04. The number of Topliss-reactive ketones (excluding diaryl/α,β-unsaturated/α-hetero) is 1. The van der Waals surface area contributed by atoms with Crippen molar-refractivity contribution in [2.24, 2.45) is 29.6 Å². The summed E-state index contributed by atoms with van der Waals surface area (Å²) in [6.45, 7) is 29.5. The maximum Gasteiger partial charge on any atom is 0.351 e. The molecule has 594 valence electrons. The predicted octanol–water partition coefficient (Wildman–Crippen LogP) is 36.3. The minimum Gasteiger partial charge on any atom is -0.461 e. The molecule has 0 radical (unpaired) electrons. The van der Waals surface area contributed by atoms with Crippen molar-refractivity contribution >= 4 is 208 Å². The molecule has 0 amide bonds. The van der Waals surface area contributed by atoms with E-state index >= 15 is 13.6 Å². The number of benzene rings is 2. The third-order valence-corrected chi connectivity index (χ3v) is 38.1. The minimum absolute atomic E-state index is 0.0400. The molecule has 0 fully saturated rings. The molecule has 5 atom stereocenters. The van der Waals surface area contributed by atoms with Crippen molar-refractivity contribution in [3.63, 3.8) is 0 Å². The second-order valence-corrected chi connectivity index (χ2v) is 44.9. The molecule has 12 heterocycles. The Morgan fingerprint density at radius 2 is 0.696 bits per heavy atom. The van der Waals surface area contributed by atoms with Crippen molar-refractivity contribution in [2.75, 3.05) is 6.61 Å². The molecule has 3 nitrogen and oxygen atoms in total. The second kappa shape index (κ2) is 38.0. The first kappa shape index (κ1) is 83.9. The first-order valence-electron chi connectivity index (χ1n) is 42.0. The zero-order chi connectivity index (χ0) is 78.6. The van der Waals surface area contributed by atoms with Gasteiger partial charge in [-0.15, -0.1) is 136 Å². The van der Waals surface area contributed by atoms with E-state index in [1.807, 2.05) is 63.6 Å². The van der Waals surface area contributed by atoms with Gasteiger partial charge in [0.15, 0.2) is 17.4 Å². The molecule has 14 rings (SSSR count). The first-order chi connectivity index (χ1) is 54.5. The van der Waals surface area contributed by atoms with Crippen molar-refractivity contribution in [1.82, 2.24) is 0 Å². The molecule has 0 N–H and O–H groups in total. The van der Waals surface area contributed by atoms with Gasteiger partial charge in [-0.3, -0.25) is 4.79 Å². The topological polar surface area (TPSA) is 43.4 Å². The SMILES string of the molecule is CCCCC(CC)COC(=O)c1sc2c(-c3cc4c(-c5ccc(CC(CC)CCCC)s5)c5sc(-c6sc(C)c7sc(C(=O)CCC)c(F)c67)cc5c(-c5ccc(CC(CC)CCCC)s5)c4s3)sc(-c3cc4c(-c5ccc(CC(CC)CCCC)s5)c5sc(C)cc5c(-c5ccc(CC(CC)CCCC)s5)c4s3)c2c1F. The van der Waals surface area contributed by atoms with Crippen molar-refractivity contribution in [2.45, 2.75) is 257 Å². The van der Waals surface area contributed by atoms with Gasteiger partial charge in [-0.05, 0) is 155 Å². The van der Waals surface area contributed by atoms with Crippen LogP contribution >= 0.6 is 136 Å². The molecule has 112 heavy (non-hydrogen) atoms. The van der Waals surface area contributed by atoms with E-state index in [0.29, 0.717) is 47.3 Å². The number of rotatable bonds is 41. The van der Waals surface area contributed by atoms with Crippen LogP contribution in [-0.2, 0) is 30.4 Å². The molecule has 0 aliphatic rings. The van der Waals surface area contributed by atoms with Gasteiger partial charge in [-0.2, -0.15) is 0 Å². The average Bonchev–Trinajstić information content (AvgIpc) is 1.55. The van der Waals surface area contributed by atoms with Crippen LogP contribution < -0.4 is 0 Å². The normalized spacial score (nSPS) is 13.6. The van der Waals surface area contributed by atoms with Gasteiger partial charge >= 0.3 is 5.97 Å². The molecular formula is C95H110F2O3S12. The Balaban J connectivity index is 1.03. The van der Waals surface area contributed by atoms with Gasteiger partial charge < -0.3 is 4.74 Å². The minimum atomic E-state index is -0.586. The van der Waals surface area contributed by atoms with Gasteiger partial charge in [0.1, 0.15) is 9.75 Å². The van der Waals surface area contributed by atoms with E-state index in [-0.39, 0.29) is 33.9 Å². The number of hydrogen-bond acceptors (Lipinski definition) is 15. The van der Waals surface area contributed by atoms with Gasteiger partial charge in [-0.25, -0.2) is 13.6 Å². The van der Waals surface area contributed by atoms with Crippen LogP contribution in [0.1, 0.15) is 266 Å². The summed E-state index contributed by atoms with van der Waals surface area (Å²) >= 11 is 21.0.